The van der Waals surface area contributed by atoms with Gasteiger partial charge in [0.1, 0.15) is 10.7 Å². The fraction of sp³-hybridized carbons (Fsp3) is 0.538. The van der Waals surface area contributed by atoms with Crippen LogP contribution in [0.4, 0.5) is 8.78 Å². The predicted molar refractivity (Wildman–Crippen MR) is 73.1 cm³/mol. The zero-order chi connectivity index (χ0) is 14.9. The number of halogens is 3. The molecule has 0 radical (unpaired) electrons. The first-order valence-corrected chi connectivity index (χ1v) is 8.38. The van der Waals surface area contributed by atoms with Gasteiger partial charge < -0.3 is 0 Å². The van der Waals surface area contributed by atoms with Crippen LogP contribution in [0.2, 0.25) is 0 Å². The van der Waals surface area contributed by atoms with Crippen molar-refractivity contribution in [3.63, 3.8) is 0 Å². The average molecular weight is 324 g/mol. The molecule has 112 valence electrons. The van der Waals surface area contributed by atoms with E-state index in [9.17, 15) is 17.2 Å². The number of piperidine rings is 1. The highest BCUT2D eigenvalue weighted by Crippen LogP contribution is 2.28. The molecule has 0 aliphatic carbocycles. The van der Waals surface area contributed by atoms with Gasteiger partial charge in [-0.25, -0.2) is 17.2 Å². The van der Waals surface area contributed by atoms with Crippen LogP contribution >= 0.6 is 11.6 Å². The SMILES string of the molecule is CC1CCCN(S(=O)(=O)c2ccc(F)c(CCl)c2F)C1. The second-order valence-electron chi connectivity index (χ2n) is 5.08. The maximum absolute atomic E-state index is 14.2. The van der Waals surface area contributed by atoms with Crippen LogP contribution in [0.25, 0.3) is 0 Å². The molecule has 1 aliphatic rings. The zero-order valence-electron chi connectivity index (χ0n) is 11.1. The van der Waals surface area contributed by atoms with Crippen molar-refractivity contribution in [2.24, 2.45) is 5.92 Å². The lowest BCUT2D eigenvalue weighted by Gasteiger charge is -2.30. The summed E-state index contributed by atoms with van der Waals surface area (Å²) in [5, 5.41) is 0. The molecule has 20 heavy (non-hydrogen) atoms. The smallest absolute Gasteiger partial charge is 0.207 e. The summed E-state index contributed by atoms with van der Waals surface area (Å²) in [6.45, 7) is 2.67. The van der Waals surface area contributed by atoms with E-state index in [2.05, 4.69) is 0 Å². The minimum absolute atomic E-state index is 0.231. The van der Waals surface area contributed by atoms with E-state index in [-0.39, 0.29) is 5.92 Å². The van der Waals surface area contributed by atoms with E-state index in [4.69, 9.17) is 11.6 Å². The number of benzene rings is 1. The molecule has 0 aromatic heterocycles. The standard InChI is InChI=1S/C13H16ClF2NO2S/c1-9-3-2-6-17(8-9)20(18,19)12-5-4-11(15)10(7-14)13(12)16/h4-5,9H,2-3,6-8H2,1H3. The van der Waals surface area contributed by atoms with E-state index in [0.717, 1.165) is 25.0 Å². The Balaban J connectivity index is 2.44. The van der Waals surface area contributed by atoms with Gasteiger partial charge in [-0.3, -0.25) is 0 Å². The zero-order valence-corrected chi connectivity index (χ0v) is 12.6. The number of nitrogens with zero attached hydrogens (tertiary/aromatic N) is 1. The lowest BCUT2D eigenvalue weighted by atomic mass is 10.0. The first-order chi connectivity index (χ1) is 9.37. The van der Waals surface area contributed by atoms with E-state index >= 15 is 0 Å². The molecule has 7 heteroatoms. The first-order valence-electron chi connectivity index (χ1n) is 6.41. The highest BCUT2D eigenvalue weighted by molar-refractivity contribution is 7.89. The Hall–Kier alpha value is -0.720. The third kappa shape index (κ3) is 2.82. The van der Waals surface area contributed by atoms with Crippen LogP contribution in [0.3, 0.4) is 0 Å². The second kappa shape index (κ2) is 5.95. The summed E-state index contributed by atoms with van der Waals surface area (Å²) in [5.74, 6) is -2.09. The van der Waals surface area contributed by atoms with Gasteiger partial charge in [0.25, 0.3) is 0 Å². The molecule has 0 saturated carbocycles. The van der Waals surface area contributed by atoms with Crippen molar-refractivity contribution in [2.45, 2.75) is 30.5 Å². The number of sulfonamides is 1. The van der Waals surface area contributed by atoms with E-state index in [1.165, 1.54) is 4.31 Å². The van der Waals surface area contributed by atoms with Gasteiger partial charge in [0, 0.05) is 18.7 Å². The van der Waals surface area contributed by atoms with Gasteiger partial charge >= 0.3 is 0 Å². The Labute approximate surface area is 122 Å². The molecule has 1 fully saturated rings. The molecule has 2 rings (SSSR count). The third-order valence-corrected chi connectivity index (χ3v) is 5.67. The van der Waals surface area contributed by atoms with Gasteiger partial charge in [-0.15, -0.1) is 11.6 Å². The Morgan fingerprint density at radius 2 is 2.10 bits per heavy atom. The Morgan fingerprint density at radius 1 is 1.40 bits per heavy atom. The minimum Gasteiger partial charge on any atom is -0.207 e. The number of alkyl halides is 1. The van der Waals surface area contributed by atoms with Gasteiger partial charge in [-0.05, 0) is 30.9 Å². The molecule has 1 aliphatic heterocycles. The summed E-state index contributed by atoms with van der Waals surface area (Å²) in [4.78, 5) is -0.497. The van der Waals surface area contributed by atoms with Gasteiger partial charge in [0.05, 0.1) is 5.88 Å². The second-order valence-corrected chi connectivity index (χ2v) is 7.26. The fourth-order valence-electron chi connectivity index (χ4n) is 2.40. The molecule has 1 aromatic carbocycles. The van der Waals surface area contributed by atoms with Gasteiger partial charge in [-0.1, -0.05) is 6.92 Å². The van der Waals surface area contributed by atoms with Crippen molar-refractivity contribution >= 4 is 21.6 Å². The van der Waals surface area contributed by atoms with Crippen LogP contribution in [0.15, 0.2) is 17.0 Å². The number of hydrogen-bond acceptors (Lipinski definition) is 2. The van der Waals surface area contributed by atoms with Crippen LogP contribution in [-0.4, -0.2) is 25.8 Å². The molecule has 0 bridgehead atoms. The van der Waals surface area contributed by atoms with Crippen LogP contribution in [0, 0.1) is 17.6 Å². The topological polar surface area (TPSA) is 37.4 Å². The molecule has 0 N–H and O–H groups in total. The van der Waals surface area contributed by atoms with Crippen molar-refractivity contribution in [3.05, 3.63) is 29.3 Å². The lowest BCUT2D eigenvalue weighted by molar-refractivity contribution is 0.280. The summed E-state index contributed by atoms with van der Waals surface area (Å²) in [7, 11) is -3.94. The minimum atomic E-state index is -3.94. The molecule has 1 aromatic rings. The maximum atomic E-state index is 14.2. The Kier molecular flexibility index (Phi) is 4.66. The van der Waals surface area contributed by atoms with E-state index in [1.807, 2.05) is 6.92 Å². The largest absolute Gasteiger partial charge is 0.246 e. The quantitative estimate of drug-likeness (QED) is 0.801. The number of rotatable bonds is 3. The maximum Gasteiger partial charge on any atom is 0.246 e. The molecule has 1 unspecified atom stereocenters. The third-order valence-electron chi connectivity index (χ3n) is 3.52. The van der Waals surface area contributed by atoms with Crippen LogP contribution in [-0.2, 0) is 15.9 Å². The van der Waals surface area contributed by atoms with Gasteiger partial charge in [0.2, 0.25) is 10.0 Å². The Bertz CT molecular complexity index is 607. The normalized spacial score (nSPS) is 21.1. The van der Waals surface area contributed by atoms with Crippen molar-refractivity contribution in [1.82, 2.24) is 4.31 Å². The summed E-state index contributed by atoms with van der Waals surface area (Å²) in [6.07, 6.45) is 1.69. The molecule has 1 saturated heterocycles. The molecular formula is C13H16ClF2NO2S. The van der Waals surface area contributed by atoms with Crippen LogP contribution < -0.4 is 0 Å². The summed E-state index contributed by atoms with van der Waals surface area (Å²) < 4.78 is 53.7. The first kappa shape index (κ1) is 15.7. The molecule has 3 nitrogen and oxygen atoms in total. The molecule has 1 atom stereocenters. The van der Waals surface area contributed by atoms with E-state index < -0.39 is 38.0 Å². The molecule has 0 amide bonds. The Morgan fingerprint density at radius 3 is 2.70 bits per heavy atom. The fourth-order valence-corrected chi connectivity index (χ4v) is 4.33. The summed E-state index contributed by atoms with van der Waals surface area (Å²) in [5.41, 5.74) is -0.405. The van der Waals surface area contributed by atoms with Gasteiger partial charge in [0.15, 0.2) is 5.82 Å². The molecule has 1 heterocycles. The highest BCUT2D eigenvalue weighted by atomic mass is 35.5. The predicted octanol–water partition coefficient (Wildman–Crippen LogP) is 3.12. The highest BCUT2D eigenvalue weighted by Gasteiger charge is 2.32. The molecule has 0 spiro atoms. The van der Waals surface area contributed by atoms with Crippen molar-refractivity contribution in [2.75, 3.05) is 13.1 Å². The van der Waals surface area contributed by atoms with Crippen molar-refractivity contribution in [3.8, 4) is 0 Å². The number of hydrogen-bond donors (Lipinski definition) is 0. The summed E-state index contributed by atoms with van der Waals surface area (Å²) in [6, 6.07) is 1.91. The van der Waals surface area contributed by atoms with E-state index in [1.54, 1.807) is 0 Å². The average Bonchev–Trinajstić information content (AvgIpc) is 2.39. The monoisotopic (exact) mass is 323 g/mol. The van der Waals surface area contributed by atoms with Crippen LogP contribution in [0.1, 0.15) is 25.3 Å². The van der Waals surface area contributed by atoms with Crippen LogP contribution in [0.5, 0.6) is 0 Å². The lowest BCUT2D eigenvalue weighted by Crippen LogP contribution is -2.39. The van der Waals surface area contributed by atoms with Crippen molar-refractivity contribution in [1.29, 1.82) is 0 Å². The van der Waals surface area contributed by atoms with Crippen molar-refractivity contribution < 1.29 is 17.2 Å². The van der Waals surface area contributed by atoms with E-state index in [0.29, 0.717) is 13.1 Å². The molecular weight excluding hydrogens is 308 g/mol. The van der Waals surface area contributed by atoms with Gasteiger partial charge in [-0.2, -0.15) is 4.31 Å². The summed E-state index contributed by atoms with van der Waals surface area (Å²) >= 11 is 5.48.